The van der Waals surface area contributed by atoms with E-state index in [0.29, 0.717) is 12.4 Å². The van der Waals surface area contributed by atoms with Crippen molar-refractivity contribution in [1.29, 1.82) is 0 Å². The van der Waals surface area contributed by atoms with Crippen LogP contribution >= 0.6 is 0 Å². The summed E-state index contributed by atoms with van der Waals surface area (Å²) in [6, 6.07) is 13.8. The second kappa shape index (κ2) is 4.64. The number of para-hydroxylation sites is 1. The summed E-state index contributed by atoms with van der Waals surface area (Å²) in [7, 11) is 0. The molecule has 21 heavy (non-hydrogen) atoms. The van der Waals surface area contributed by atoms with Crippen LogP contribution < -0.4 is 4.74 Å². The summed E-state index contributed by atoms with van der Waals surface area (Å²) in [4.78, 5) is 0. The molecule has 3 nitrogen and oxygen atoms in total. The van der Waals surface area contributed by atoms with Gasteiger partial charge in [-0.05, 0) is 30.7 Å². The highest BCUT2D eigenvalue weighted by Gasteiger charge is 2.24. The first-order valence-corrected chi connectivity index (χ1v) is 7.15. The third-order valence-electron chi connectivity index (χ3n) is 4.00. The molecule has 1 aliphatic rings. The van der Waals surface area contributed by atoms with E-state index in [-0.39, 0.29) is 0 Å². The molecule has 0 amide bonds. The molecule has 1 unspecified atom stereocenters. The molecule has 0 saturated carbocycles. The molecular weight excluding hydrogens is 264 g/mol. The lowest BCUT2D eigenvalue weighted by Crippen LogP contribution is -2.00. The molecule has 1 atom stereocenters. The molecule has 1 aliphatic heterocycles. The second-order valence-electron chi connectivity index (χ2n) is 5.53. The Bertz CT molecular complexity index is 816. The van der Waals surface area contributed by atoms with Gasteiger partial charge in [-0.1, -0.05) is 29.8 Å². The van der Waals surface area contributed by atoms with Gasteiger partial charge < -0.3 is 14.3 Å². The first-order chi connectivity index (χ1) is 10.2. The van der Waals surface area contributed by atoms with E-state index in [1.807, 2.05) is 43.3 Å². The molecule has 0 spiro atoms. The Balaban J connectivity index is 1.79. The Morgan fingerprint density at radius 3 is 2.95 bits per heavy atom. The van der Waals surface area contributed by atoms with Crippen LogP contribution in [0.1, 0.15) is 28.6 Å². The molecule has 3 aromatic rings. The molecule has 0 radical (unpaired) electrons. The Kier molecular flexibility index (Phi) is 2.76. The number of benzene rings is 2. The van der Waals surface area contributed by atoms with Crippen LogP contribution in [0.2, 0.25) is 0 Å². The molecule has 0 fully saturated rings. The minimum absolute atomic E-state index is 0.555. The number of hydrogen-bond donors (Lipinski definition) is 1. The number of aliphatic hydroxyl groups is 1. The largest absolute Gasteiger partial charge is 0.493 e. The standard InChI is InChI=1S/C18H16O3/c1-11-5-6-15-13(9-11)10-16(21-15)17(19)14-4-2-3-12-7-8-20-18(12)14/h2-6,9-10,17,19H,7-8H2,1H3. The molecule has 0 aliphatic carbocycles. The minimum Gasteiger partial charge on any atom is -0.493 e. The maximum atomic E-state index is 10.7. The van der Waals surface area contributed by atoms with E-state index in [0.717, 1.165) is 34.3 Å². The van der Waals surface area contributed by atoms with Crippen molar-refractivity contribution in [2.45, 2.75) is 19.4 Å². The highest BCUT2D eigenvalue weighted by atomic mass is 16.5. The lowest BCUT2D eigenvalue weighted by atomic mass is 10.0. The van der Waals surface area contributed by atoms with Gasteiger partial charge in [0.25, 0.3) is 0 Å². The van der Waals surface area contributed by atoms with Crippen LogP contribution in [0.25, 0.3) is 11.0 Å². The van der Waals surface area contributed by atoms with E-state index in [2.05, 4.69) is 6.07 Å². The van der Waals surface area contributed by atoms with Gasteiger partial charge in [0.05, 0.1) is 6.61 Å². The zero-order valence-corrected chi connectivity index (χ0v) is 11.8. The summed E-state index contributed by atoms with van der Waals surface area (Å²) in [6.07, 6.45) is 0.0978. The highest BCUT2D eigenvalue weighted by Crippen LogP contribution is 2.37. The number of furan rings is 1. The fourth-order valence-corrected chi connectivity index (χ4v) is 2.93. The van der Waals surface area contributed by atoms with Crippen LogP contribution in [-0.2, 0) is 6.42 Å². The normalized spacial score (nSPS) is 15.0. The summed E-state index contributed by atoms with van der Waals surface area (Å²) in [5.41, 5.74) is 3.90. The first kappa shape index (κ1) is 12.5. The van der Waals surface area contributed by atoms with Crippen LogP contribution in [-0.4, -0.2) is 11.7 Å². The zero-order chi connectivity index (χ0) is 14.4. The van der Waals surface area contributed by atoms with Crippen molar-refractivity contribution in [2.75, 3.05) is 6.61 Å². The van der Waals surface area contributed by atoms with Gasteiger partial charge in [-0.15, -0.1) is 0 Å². The van der Waals surface area contributed by atoms with Crippen LogP contribution in [0.3, 0.4) is 0 Å². The average molecular weight is 280 g/mol. The second-order valence-corrected chi connectivity index (χ2v) is 5.53. The molecule has 3 heteroatoms. The Hall–Kier alpha value is -2.26. The van der Waals surface area contributed by atoms with Gasteiger partial charge in [-0.3, -0.25) is 0 Å². The van der Waals surface area contributed by atoms with E-state index in [9.17, 15) is 5.11 Å². The van der Waals surface area contributed by atoms with Crippen LogP contribution in [0.4, 0.5) is 0 Å². The SMILES string of the molecule is Cc1ccc2oc(C(O)c3cccc4c3OCC4)cc2c1. The predicted octanol–water partition coefficient (Wildman–Crippen LogP) is 3.76. The monoisotopic (exact) mass is 280 g/mol. The van der Waals surface area contributed by atoms with Crippen LogP contribution in [0.15, 0.2) is 46.9 Å². The van der Waals surface area contributed by atoms with Crippen LogP contribution in [0, 0.1) is 6.92 Å². The number of ether oxygens (including phenoxy) is 1. The van der Waals surface area contributed by atoms with Crippen molar-refractivity contribution >= 4 is 11.0 Å². The molecule has 4 rings (SSSR count). The quantitative estimate of drug-likeness (QED) is 0.777. The lowest BCUT2D eigenvalue weighted by Gasteiger charge is -2.12. The average Bonchev–Trinajstić information content (AvgIpc) is 3.11. The molecule has 106 valence electrons. The van der Waals surface area contributed by atoms with Crippen molar-refractivity contribution < 1.29 is 14.3 Å². The van der Waals surface area contributed by atoms with Gasteiger partial charge in [0.2, 0.25) is 0 Å². The smallest absolute Gasteiger partial charge is 0.140 e. The van der Waals surface area contributed by atoms with Crippen molar-refractivity contribution in [3.63, 3.8) is 0 Å². The highest BCUT2D eigenvalue weighted by molar-refractivity contribution is 5.79. The summed E-state index contributed by atoms with van der Waals surface area (Å²) >= 11 is 0. The summed E-state index contributed by atoms with van der Waals surface area (Å²) < 4.78 is 11.5. The van der Waals surface area contributed by atoms with Crippen molar-refractivity contribution in [1.82, 2.24) is 0 Å². The molecule has 1 N–H and O–H groups in total. The number of hydrogen-bond acceptors (Lipinski definition) is 3. The topological polar surface area (TPSA) is 42.6 Å². The maximum Gasteiger partial charge on any atom is 0.140 e. The van der Waals surface area contributed by atoms with E-state index in [1.165, 1.54) is 5.56 Å². The van der Waals surface area contributed by atoms with Crippen molar-refractivity contribution in [3.05, 3.63) is 64.9 Å². The Labute approximate surface area is 122 Å². The van der Waals surface area contributed by atoms with E-state index in [4.69, 9.17) is 9.15 Å². The first-order valence-electron chi connectivity index (χ1n) is 7.15. The zero-order valence-electron chi connectivity index (χ0n) is 11.8. The van der Waals surface area contributed by atoms with Crippen molar-refractivity contribution in [2.24, 2.45) is 0 Å². The van der Waals surface area contributed by atoms with E-state index in [1.54, 1.807) is 0 Å². The van der Waals surface area contributed by atoms with E-state index < -0.39 is 6.10 Å². The summed E-state index contributed by atoms with van der Waals surface area (Å²) in [6.45, 7) is 2.72. The number of rotatable bonds is 2. The van der Waals surface area contributed by atoms with Gasteiger partial charge >= 0.3 is 0 Å². The predicted molar refractivity (Wildman–Crippen MR) is 80.7 cm³/mol. The summed E-state index contributed by atoms with van der Waals surface area (Å²) in [5, 5.41) is 11.7. The third-order valence-corrected chi connectivity index (χ3v) is 4.00. The van der Waals surface area contributed by atoms with Crippen molar-refractivity contribution in [3.8, 4) is 5.75 Å². The molecule has 2 aromatic carbocycles. The maximum absolute atomic E-state index is 10.7. The minimum atomic E-state index is -0.800. The molecule has 2 heterocycles. The number of fused-ring (bicyclic) bond motifs is 2. The van der Waals surface area contributed by atoms with Crippen LogP contribution in [0.5, 0.6) is 5.75 Å². The number of aryl methyl sites for hydroxylation is 1. The lowest BCUT2D eigenvalue weighted by molar-refractivity contribution is 0.187. The fraction of sp³-hybridized carbons (Fsp3) is 0.222. The van der Waals surface area contributed by atoms with Gasteiger partial charge in [0, 0.05) is 17.4 Å². The fourth-order valence-electron chi connectivity index (χ4n) is 2.93. The molecular formula is C18H16O3. The Morgan fingerprint density at radius 2 is 2.05 bits per heavy atom. The molecule has 1 aromatic heterocycles. The van der Waals surface area contributed by atoms with Gasteiger partial charge in [-0.25, -0.2) is 0 Å². The Morgan fingerprint density at radius 1 is 1.14 bits per heavy atom. The van der Waals surface area contributed by atoms with Gasteiger partial charge in [-0.2, -0.15) is 0 Å². The molecule has 0 bridgehead atoms. The molecule has 0 saturated heterocycles. The van der Waals surface area contributed by atoms with Gasteiger partial charge in [0.1, 0.15) is 23.2 Å². The van der Waals surface area contributed by atoms with Gasteiger partial charge in [0.15, 0.2) is 0 Å². The third kappa shape index (κ3) is 2.01. The van der Waals surface area contributed by atoms with E-state index >= 15 is 0 Å². The summed E-state index contributed by atoms with van der Waals surface area (Å²) in [5.74, 6) is 1.36. The number of aliphatic hydroxyl groups excluding tert-OH is 1.